The maximum absolute atomic E-state index is 12.5. The van der Waals surface area contributed by atoms with Gasteiger partial charge in [-0.05, 0) is 50.2 Å². The Hall–Kier alpha value is -3.48. The number of aromatic nitrogens is 2. The molecule has 0 spiro atoms. The van der Waals surface area contributed by atoms with Crippen LogP contribution in [-0.4, -0.2) is 42.5 Å². The molecule has 0 radical (unpaired) electrons. The number of rotatable bonds is 6. The fraction of sp³-hybridized carbons (Fsp3) is 0.238. The number of aryl methyl sites for hydroxylation is 2. The second kappa shape index (κ2) is 8.04. The van der Waals surface area contributed by atoms with Crippen LogP contribution < -0.4 is 9.47 Å². The summed E-state index contributed by atoms with van der Waals surface area (Å²) in [7, 11) is 2.96. The van der Waals surface area contributed by atoms with E-state index in [1.54, 1.807) is 36.4 Å². The molecule has 0 aliphatic heterocycles. The first kappa shape index (κ1) is 19.3. The van der Waals surface area contributed by atoms with Gasteiger partial charge in [0.1, 0.15) is 11.5 Å². The van der Waals surface area contributed by atoms with Gasteiger partial charge in [0, 0.05) is 0 Å². The molecule has 144 valence electrons. The molecule has 1 aromatic heterocycles. The lowest BCUT2D eigenvalue weighted by Crippen LogP contribution is -2.15. The molecule has 7 heteroatoms. The van der Waals surface area contributed by atoms with Crippen LogP contribution in [0.3, 0.4) is 0 Å². The lowest BCUT2D eigenvalue weighted by Gasteiger charge is -2.10. The molecule has 1 heterocycles. The molecule has 0 saturated carbocycles. The number of esters is 1. The molecule has 0 atom stereocenters. The van der Waals surface area contributed by atoms with E-state index in [0.29, 0.717) is 28.1 Å². The van der Waals surface area contributed by atoms with E-state index in [4.69, 9.17) is 14.2 Å². The number of methoxy groups -OCH3 is 2. The number of ether oxygens (including phenoxy) is 3. The second-order valence-electron chi connectivity index (χ2n) is 6.16. The normalized spacial score (nSPS) is 10.6. The molecular weight excluding hydrogens is 360 g/mol. The fourth-order valence-electron chi connectivity index (χ4n) is 2.68. The highest BCUT2D eigenvalue weighted by atomic mass is 16.5. The number of hydrogen-bond acceptors (Lipinski definition) is 7. The molecule has 7 nitrogen and oxygen atoms in total. The SMILES string of the molecule is COc1ccc(OC)c(C(=O)COC(=O)c2ccc3nc(C)c(C)nc3c2)c1. The molecule has 0 aliphatic rings. The van der Waals surface area contributed by atoms with Gasteiger partial charge in [-0.15, -0.1) is 0 Å². The topological polar surface area (TPSA) is 87.6 Å². The van der Waals surface area contributed by atoms with E-state index in [1.165, 1.54) is 14.2 Å². The van der Waals surface area contributed by atoms with Crippen LogP contribution >= 0.6 is 0 Å². The molecule has 0 fully saturated rings. The van der Waals surface area contributed by atoms with E-state index < -0.39 is 18.4 Å². The summed E-state index contributed by atoms with van der Waals surface area (Å²) in [5, 5.41) is 0. The average molecular weight is 380 g/mol. The standard InChI is InChI=1S/C21H20N2O5/c1-12-13(2)23-18-9-14(5-7-17(18)22-12)21(25)28-11-19(24)16-10-15(26-3)6-8-20(16)27-4/h5-10H,11H2,1-4H3. The fourth-order valence-corrected chi connectivity index (χ4v) is 2.68. The molecule has 0 bridgehead atoms. The van der Waals surface area contributed by atoms with E-state index in [2.05, 4.69) is 9.97 Å². The van der Waals surface area contributed by atoms with Gasteiger partial charge in [-0.3, -0.25) is 4.79 Å². The van der Waals surface area contributed by atoms with Crippen LogP contribution in [0.15, 0.2) is 36.4 Å². The van der Waals surface area contributed by atoms with E-state index in [9.17, 15) is 9.59 Å². The van der Waals surface area contributed by atoms with Crippen molar-refractivity contribution in [3.63, 3.8) is 0 Å². The maximum atomic E-state index is 12.5. The molecule has 28 heavy (non-hydrogen) atoms. The van der Waals surface area contributed by atoms with Crippen LogP contribution in [0.4, 0.5) is 0 Å². The van der Waals surface area contributed by atoms with Gasteiger partial charge in [0.15, 0.2) is 6.61 Å². The van der Waals surface area contributed by atoms with Gasteiger partial charge in [-0.1, -0.05) is 0 Å². The van der Waals surface area contributed by atoms with Crippen molar-refractivity contribution < 1.29 is 23.8 Å². The Kier molecular flexibility index (Phi) is 5.54. The summed E-state index contributed by atoms with van der Waals surface area (Å²) < 4.78 is 15.5. The molecule has 3 aromatic rings. The Morgan fingerprint density at radius 3 is 2.29 bits per heavy atom. The first-order valence-corrected chi connectivity index (χ1v) is 8.60. The lowest BCUT2D eigenvalue weighted by atomic mass is 10.1. The van der Waals surface area contributed by atoms with E-state index >= 15 is 0 Å². The summed E-state index contributed by atoms with van der Waals surface area (Å²) >= 11 is 0. The van der Waals surface area contributed by atoms with Crippen molar-refractivity contribution in [2.75, 3.05) is 20.8 Å². The van der Waals surface area contributed by atoms with Crippen LogP contribution in [-0.2, 0) is 4.74 Å². The van der Waals surface area contributed by atoms with E-state index in [1.807, 2.05) is 13.8 Å². The Bertz CT molecular complexity index is 1060. The summed E-state index contributed by atoms with van der Waals surface area (Å²) in [6.07, 6.45) is 0. The highest BCUT2D eigenvalue weighted by Crippen LogP contribution is 2.24. The van der Waals surface area contributed by atoms with Crippen LogP contribution in [0.2, 0.25) is 0 Å². The van der Waals surface area contributed by atoms with Crippen molar-refractivity contribution in [2.24, 2.45) is 0 Å². The van der Waals surface area contributed by atoms with E-state index in [-0.39, 0.29) is 5.56 Å². The Morgan fingerprint density at radius 2 is 1.61 bits per heavy atom. The molecular formula is C21H20N2O5. The number of carbonyl (C=O) groups excluding carboxylic acids is 2. The first-order valence-electron chi connectivity index (χ1n) is 8.60. The number of Topliss-reactive ketones (excluding diaryl/α,β-unsaturated/α-hetero) is 1. The molecule has 0 N–H and O–H groups in total. The van der Waals surface area contributed by atoms with Gasteiger partial charge in [0.05, 0.1) is 47.8 Å². The number of benzene rings is 2. The minimum absolute atomic E-state index is 0.283. The third kappa shape index (κ3) is 3.93. The molecule has 0 unspecified atom stereocenters. The molecule has 3 rings (SSSR count). The third-order valence-corrected chi connectivity index (χ3v) is 4.35. The zero-order valence-electron chi connectivity index (χ0n) is 16.1. The zero-order valence-corrected chi connectivity index (χ0v) is 16.1. The summed E-state index contributed by atoms with van der Waals surface area (Å²) in [4.78, 5) is 33.7. The molecule has 0 saturated heterocycles. The van der Waals surface area contributed by atoms with Crippen molar-refractivity contribution in [3.8, 4) is 11.5 Å². The Balaban J connectivity index is 1.76. The zero-order chi connectivity index (χ0) is 20.3. The number of fused-ring (bicyclic) bond motifs is 1. The monoisotopic (exact) mass is 380 g/mol. The number of hydrogen-bond donors (Lipinski definition) is 0. The molecule has 0 aliphatic carbocycles. The summed E-state index contributed by atoms with van der Waals surface area (Å²) in [5.41, 5.74) is 3.50. The van der Waals surface area contributed by atoms with Crippen LogP contribution in [0.1, 0.15) is 32.1 Å². The predicted octanol–water partition coefficient (Wildman–Crippen LogP) is 3.30. The van der Waals surface area contributed by atoms with Gasteiger partial charge in [0.25, 0.3) is 0 Å². The van der Waals surface area contributed by atoms with Crippen molar-refractivity contribution >= 4 is 22.8 Å². The average Bonchev–Trinajstić information content (AvgIpc) is 2.71. The van der Waals surface area contributed by atoms with Crippen LogP contribution in [0, 0.1) is 13.8 Å². The number of carbonyl (C=O) groups is 2. The van der Waals surface area contributed by atoms with Gasteiger partial charge in [0.2, 0.25) is 5.78 Å². The van der Waals surface area contributed by atoms with Crippen molar-refractivity contribution in [2.45, 2.75) is 13.8 Å². The predicted molar refractivity (Wildman–Crippen MR) is 103 cm³/mol. The van der Waals surface area contributed by atoms with Gasteiger partial charge in [-0.2, -0.15) is 0 Å². The molecule has 2 aromatic carbocycles. The number of ketones is 1. The minimum Gasteiger partial charge on any atom is -0.497 e. The quantitative estimate of drug-likeness (QED) is 0.479. The van der Waals surface area contributed by atoms with Crippen molar-refractivity contribution in [3.05, 3.63) is 58.9 Å². The lowest BCUT2D eigenvalue weighted by molar-refractivity contribution is 0.0474. The first-order chi connectivity index (χ1) is 13.4. The van der Waals surface area contributed by atoms with Gasteiger partial charge >= 0.3 is 5.97 Å². The minimum atomic E-state index is -0.614. The smallest absolute Gasteiger partial charge is 0.338 e. The summed E-state index contributed by atoms with van der Waals surface area (Å²) in [6, 6.07) is 9.77. The van der Waals surface area contributed by atoms with Crippen molar-refractivity contribution in [1.82, 2.24) is 9.97 Å². The Morgan fingerprint density at radius 1 is 0.893 bits per heavy atom. The number of nitrogens with zero attached hydrogens (tertiary/aromatic N) is 2. The summed E-state index contributed by atoms with van der Waals surface area (Å²) in [5.74, 6) is -0.115. The Labute approximate surface area is 162 Å². The van der Waals surface area contributed by atoms with Gasteiger partial charge in [-0.25, -0.2) is 14.8 Å². The second-order valence-corrected chi connectivity index (χ2v) is 6.16. The highest BCUT2D eigenvalue weighted by Gasteiger charge is 2.17. The maximum Gasteiger partial charge on any atom is 0.338 e. The third-order valence-electron chi connectivity index (χ3n) is 4.35. The van der Waals surface area contributed by atoms with Crippen molar-refractivity contribution in [1.29, 1.82) is 0 Å². The highest BCUT2D eigenvalue weighted by molar-refractivity contribution is 6.02. The van der Waals surface area contributed by atoms with Gasteiger partial charge < -0.3 is 14.2 Å². The largest absolute Gasteiger partial charge is 0.497 e. The summed E-state index contributed by atoms with van der Waals surface area (Å²) in [6.45, 7) is 3.31. The van der Waals surface area contributed by atoms with E-state index in [0.717, 1.165) is 11.4 Å². The van der Waals surface area contributed by atoms with Crippen LogP contribution in [0.25, 0.3) is 11.0 Å². The van der Waals surface area contributed by atoms with Crippen LogP contribution in [0.5, 0.6) is 11.5 Å². The molecule has 0 amide bonds.